The van der Waals surface area contributed by atoms with E-state index in [9.17, 15) is 8.76 Å². The topological polar surface area (TPSA) is 93.5 Å². The minimum atomic E-state index is -2.02. The van der Waals surface area contributed by atoms with Crippen LogP contribution >= 0.6 is 0 Å². The van der Waals surface area contributed by atoms with Crippen molar-refractivity contribution in [3.05, 3.63) is 72.7 Å². The van der Waals surface area contributed by atoms with E-state index in [0.717, 1.165) is 35.1 Å². The van der Waals surface area contributed by atoms with Crippen LogP contribution in [0.2, 0.25) is 0 Å². The van der Waals surface area contributed by atoms with E-state index in [0.29, 0.717) is 10.5 Å². The Kier molecular flexibility index (Phi) is 3.90. The van der Waals surface area contributed by atoms with Crippen LogP contribution in [0.25, 0.3) is 27.9 Å². The zero-order chi connectivity index (χ0) is 19.3. The molecule has 2 heterocycles. The fraction of sp³-hybridized carbons (Fsp3) is 0.143. The van der Waals surface area contributed by atoms with E-state index in [1.807, 2.05) is 18.5 Å². The van der Waals surface area contributed by atoms with Crippen molar-refractivity contribution >= 4 is 16.7 Å². The predicted molar refractivity (Wildman–Crippen MR) is 108 cm³/mol. The molecule has 4 aromatic rings. The summed E-state index contributed by atoms with van der Waals surface area (Å²) in [5.74, 6) is 0. The van der Waals surface area contributed by atoms with Crippen molar-refractivity contribution in [2.45, 2.75) is 23.3 Å². The fourth-order valence-corrected chi connectivity index (χ4v) is 3.84. The fourth-order valence-electron chi connectivity index (χ4n) is 3.42. The quantitative estimate of drug-likeness (QED) is 0.520. The zero-order valence-electron chi connectivity index (χ0n) is 14.9. The summed E-state index contributed by atoms with van der Waals surface area (Å²) in [5, 5.41) is 4.42. The van der Waals surface area contributed by atoms with Crippen LogP contribution in [-0.4, -0.2) is 23.4 Å². The minimum absolute atomic E-state index is 0.135. The first-order chi connectivity index (χ1) is 13.5. The average Bonchev–Trinajstić information content (AvgIpc) is 3.33. The van der Waals surface area contributed by atoms with Crippen LogP contribution in [0.1, 0.15) is 18.4 Å². The summed E-state index contributed by atoms with van der Waals surface area (Å²) in [6.07, 6.45) is 7.56. The van der Waals surface area contributed by atoms with Crippen molar-refractivity contribution in [2.75, 3.05) is 0 Å². The van der Waals surface area contributed by atoms with Gasteiger partial charge in [0, 0.05) is 29.1 Å². The number of hydrogen-bond donors (Lipinski definition) is 2. The van der Waals surface area contributed by atoms with Crippen molar-refractivity contribution in [2.24, 2.45) is 5.73 Å². The van der Waals surface area contributed by atoms with E-state index in [1.165, 1.54) is 5.56 Å². The van der Waals surface area contributed by atoms with Gasteiger partial charge in [0.25, 0.3) is 0 Å². The molecule has 5 rings (SSSR count). The monoisotopic (exact) mass is 390 g/mol. The molecule has 2 aromatic carbocycles. The standard InChI is InChI=1S/C21H18N4O2S/c22-21(8-9-21)17-6-4-14(5-7-17)16-11-23-20-19(12-24-25(20)13-16)15-2-1-3-18(10-15)28(26)27/h1-7,10-13H,8-9,22H2,(H,26,27). The molecule has 1 unspecified atom stereocenters. The van der Waals surface area contributed by atoms with Gasteiger partial charge in [-0.05, 0) is 41.7 Å². The van der Waals surface area contributed by atoms with Gasteiger partial charge in [-0.25, -0.2) is 13.7 Å². The van der Waals surface area contributed by atoms with Gasteiger partial charge < -0.3 is 10.3 Å². The molecule has 7 heteroatoms. The molecule has 1 saturated carbocycles. The lowest BCUT2D eigenvalue weighted by atomic mass is 10.0. The molecule has 0 saturated heterocycles. The maximum atomic E-state index is 11.3. The molecule has 1 fully saturated rings. The number of nitrogens with two attached hydrogens (primary N) is 1. The van der Waals surface area contributed by atoms with Crippen LogP contribution in [0, 0.1) is 0 Å². The van der Waals surface area contributed by atoms with Crippen LogP contribution in [-0.2, 0) is 16.6 Å². The number of benzene rings is 2. The van der Waals surface area contributed by atoms with Gasteiger partial charge >= 0.3 is 0 Å². The maximum Gasteiger partial charge on any atom is 0.186 e. The lowest BCUT2D eigenvalue weighted by molar-refractivity contribution is 0.564. The summed E-state index contributed by atoms with van der Waals surface area (Å²) in [6, 6.07) is 15.2. The molecule has 0 aliphatic heterocycles. The van der Waals surface area contributed by atoms with Crippen molar-refractivity contribution < 1.29 is 8.76 Å². The highest BCUT2D eigenvalue weighted by Gasteiger charge is 2.39. The summed E-state index contributed by atoms with van der Waals surface area (Å²) in [7, 11) is 0. The Hall–Kier alpha value is -2.87. The zero-order valence-corrected chi connectivity index (χ0v) is 15.8. The number of aromatic nitrogens is 3. The van der Waals surface area contributed by atoms with Gasteiger partial charge in [0.05, 0.1) is 11.1 Å². The van der Waals surface area contributed by atoms with Gasteiger partial charge in [-0.15, -0.1) is 0 Å². The van der Waals surface area contributed by atoms with E-state index in [1.54, 1.807) is 28.9 Å². The van der Waals surface area contributed by atoms with Crippen LogP contribution in [0.3, 0.4) is 0 Å². The van der Waals surface area contributed by atoms with Crippen LogP contribution in [0.5, 0.6) is 0 Å². The Labute approximate surface area is 164 Å². The Morgan fingerprint density at radius 3 is 2.54 bits per heavy atom. The summed E-state index contributed by atoms with van der Waals surface area (Å²) in [6.45, 7) is 0. The predicted octanol–water partition coefficient (Wildman–Crippen LogP) is 3.59. The first-order valence-electron chi connectivity index (χ1n) is 8.98. The molecule has 3 N–H and O–H groups in total. The van der Waals surface area contributed by atoms with E-state index in [4.69, 9.17) is 5.73 Å². The molecule has 0 bridgehead atoms. The second kappa shape index (κ2) is 6.34. The average molecular weight is 390 g/mol. The lowest BCUT2D eigenvalue weighted by Gasteiger charge is -2.10. The van der Waals surface area contributed by atoms with Crippen molar-refractivity contribution in [1.29, 1.82) is 0 Å². The Balaban J connectivity index is 1.51. The molecule has 0 radical (unpaired) electrons. The highest BCUT2D eigenvalue weighted by molar-refractivity contribution is 7.79. The Bertz CT molecular complexity index is 1210. The van der Waals surface area contributed by atoms with E-state index < -0.39 is 11.1 Å². The maximum absolute atomic E-state index is 11.3. The molecule has 0 spiro atoms. The van der Waals surface area contributed by atoms with Gasteiger partial charge in [-0.3, -0.25) is 0 Å². The van der Waals surface area contributed by atoms with Crippen molar-refractivity contribution in [3.63, 3.8) is 0 Å². The third-order valence-electron chi connectivity index (χ3n) is 5.28. The highest BCUT2D eigenvalue weighted by atomic mass is 32.2. The molecule has 2 aromatic heterocycles. The molecule has 140 valence electrons. The third kappa shape index (κ3) is 2.93. The van der Waals surface area contributed by atoms with Crippen LogP contribution in [0.4, 0.5) is 0 Å². The molecule has 1 aliphatic rings. The first kappa shape index (κ1) is 17.2. The Morgan fingerprint density at radius 2 is 1.82 bits per heavy atom. The molecule has 1 aliphatic carbocycles. The summed E-state index contributed by atoms with van der Waals surface area (Å²) in [4.78, 5) is 4.94. The second-order valence-corrected chi connectivity index (χ2v) is 8.15. The van der Waals surface area contributed by atoms with Gasteiger partial charge in [0.15, 0.2) is 16.7 Å². The first-order valence-corrected chi connectivity index (χ1v) is 10.1. The molecule has 28 heavy (non-hydrogen) atoms. The number of fused-ring (bicyclic) bond motifs is 1. The molecular weight excluding hydrogens is 372 g/mol. The number of rotatable bonds is 4. The molecule has 6 nitrogen and oxygen atoms in total. The highest BCUT2D eigenvalue weighted by Crippen LogP contribution is 2.42. The molecular formula is C21H18N4O2S. The van der Waals surface area contributed by atoms with E-state index in [2.05, 4.69) is 34.3 Å². The Morgan fingerprint density at radius 1 is 1.04 bits per heavy atom. The SMILES string of the molecule is NC1(c2ccc(-c3cnc4c(-c5cccc(S(=O)O)c5)cnn4c3)cc2)CC1. The van der Waals surface area contributed by atoms with Crippen LogP contribution in [0.15, 0.2) is 72.0 Å². The smallest absolute Gasteiger partial charge is 0.186 e. The second-order valence-electron chi connectivity index (χ2n) is 7.18. The summed E-state index contributed by atoms with van der Waals surface area (Å²) < 4.78 is 22.4. The lowest BCUT2D eigenvalue weighted by Crippen LogP contribution is -2.18. The largest absolute Gasteiger partial charge is 0.321 e. The normalized spacial score (nSPS) is 16.2. The third-order valence-corrected chi connectivity index (χ3v) is 5.94. The summed E-state index contributed by atoms with van der Waals surface area (Å²) >= 11 is -2.02. The van der Waals surface area contributed by atoms with Gasteiger partial charge in [0.2, 0.25) is 0 Å². The van der Waals surface area contributed by atoms with Gasteiger partial charge in [-0.1, -0.05) is 36.4 Å². The van der Waals surface area contributed by atoms with Crippen molar-refractivity contribution in [3.8, 4) is 22.3 Å². The van der Waals surface area contributed by atoms with Gasteiger partial charge in [0.1, 0.15) is 0 Å². The van der Waals surface area contributed by atoms with E-state index >= 15 is 0 Å². The molecule has 1 atom stereocenters. The van der Waals surface area contributed by atoms with E-state index in [-0.39, 0.29) is 5.54 Å². The number of nitrogens with zero attached hydrogens (tertiary/aromatic N) is 3. The van der Waals surface area contributed by atoms with Crippen molar-refractivity contribution in [1.82, 2.24) is 14.6 Å². The van der Waals surface area contributed by atoms with Crippen LogP contribution < -0.4 is 5.73 Å². The minimum Gasteiger partial charge on any atom is -0.321 e. The van der Waals surface area contributed by atoms with Gasteiger partial charge in [-0.2, -0.15) is 5.10 Å². The molecule has 0 amide bonds. The summed E-state index contributed by atoms with van der Waals surface area (Å²) in [5.41, 5.74) is 11.6. The number of hydrogen-bond acceptors (Lipinski definition) is 4.